The molecule has 14 heteroatoms. The van der Waals surface area contributed by atoms with Crippen LogP contribution in [-0.4, -0.2) is 109 Å². The van der Waals surface area contributed by atoms with Crippen molar-refractivity contribution < 1.29 is 64.2 Å². The summed E-state index contributed by atoms with van der Waals surface area (Å²) < 4.78 is 28.4. The largest absolute Gasteiger partial charge is 0.508 e. The first kappa shape index (κ1) is 29.2. The van der Waals surface area contributed by atoms with Crippen LogP contribution in [0.15, 0.2) is 51.7 Å². The number of aliphatic hydroxyl groups excluding tert-OH is 6. The highest BCUT2D eigenvalue weighted by Crippen LogP contribution is 2.35. The summed E-state index contributed by atoms with van der Waals surface area (Å²) in [5.74, 6) is -0.498. The molecule has 0 unspecified atom stereocenters. The Balaban J connectivity index is 1.47. The monoisotopic (exact) mass is 578 g/mol. The van der Waals surface area contributed by atoms with Gasteiger partial charge in [0.25, 0.3) is 0 Å². The maximum absolute atomic E-state index is 12.8. The number of aromatic hydroxyl groups is 2. The van der Waals surface area contributed by atoms with E-state index in [9.17, 15) is 45.6 Å². The van der Waals surface area contributed by atoms with E-state index in [4.69, 9.17) is 23.4 Å². The van der Waals surface area contributed by atoms with Crippen LogP contribution < -0.4 is 10.2 Å². The molecule has 0 aliphatic carbocycles. The number of fused-ring (bicyclic) bond motifs is 1. The van der Waals surface area contributed by atoms with Gasteiger partial charge in [-0.3, -0.25) is 4.79 Å². The second-order valence-corrected chi connectivity index (χ2v) is 9.94. The number of hydrogen-bond acceptors (Lipinski definition) is 14. The number of hydrogen-bond donors (Lipinski definition) is 8. The fourth-order valence-corrected chi connectivity index (χ4v) is 4.79. The molecular formula is C27H30O14. The Morgan fingerprint density at radius 3 is 2.22 bits per heavy atom. The van der Waals surface area contributed by atoms with Gasteiger partial charge in [-0.15, -0.1) is 0 Å². The minimum Gasteiger partial charge on any atom is -0.508 e. The third-order valence-electron chi connectivity index (χ3n) is 7.11. The van der Waals surface area contributed by atoms with E-state index in [0.29, 0.717) is 5.56 Å². The number of aliphatic hydroxyl groups is 6. The molecule has 0 radical (unpaired) electrons. The normalized spacial score (nSPS) is 34.0. The second kappa shape index (κ2) is 11.5. The molecule has 0 bridgehead atoms. The van der Waals surface area contributed by atoms with Gasteiger partial charge in [-0.05, 0) is 31.2 Å². The maximum atomic E-state index is 12.8. The SMILES string of the molecule is C[C@@H]1O[C@@H](O[C@@H]2[C@H](Oc3cc(O)c4c(=O)cc(-c5ccc(O)cc5)oc4c3)O[C@@H](CO)[C@@H](O)[C@H]2O)[C@@H](O)[C@@H](O)[C@H]1O. The molecule has 10 atom stereocenters. The van der Waals surface area contributed by atoms with Gasteiger partial charge in [0.1, 0.15) is 70.6 Å². The molecule has 2 fully saturated rings. The molecule has 0 amide bonds. The maximum Gasteiger partial charge on any atom is 0.229 e. The lowest BCUT2D eigenvalue weighted by atomic mass is 9.97. The first-order valence-electron chi connectivity index (χ1n) is 12.7. The molecule has 3 aromatic rings. The number of phenolic OH excluding ortho intramolecular Hbond substituents is 2. The molecule has 5 rings (SSSR count). The lowest BCUT2D eigenvalue weighted by molar-refractivity contribution is -0.354. The molecule has 1 aromatic heterocycles. The zero-order valence-corrected chi connectivity index (χ0v) is 21.5. The van der Waals surface area contributed by atoms with Crippen LogP contribution >= 0.6 is 0 Å². The Hall–Kier alpha value is -3.31. The van der Waals surface area contributed by atoms with Crippen molar-refractivity contribution in [3.05, 3.63) is 52.7 Å². The van der Waals surface area contributed by atoms with Gasteiger partial charge in [-0.25, -0.2) is 0 Å². The van der Waals surface area contributed by atoms with Crippen LogP contribution in [0, 0.1) is 0 Å². The minimum atomic E-state index is -1.76. The summed E-state index contributed by atoms with van der Waals surface area (Å²) in [5.41, 5.74) is -0.182. The third-order valence-corrected chi connectivity index (χ3v) is 7.11. The zero-order chi connectivity index (χ0) is 29.6. The van der Waals surface area contributed by atoms with Gasteiger partial charge in [-0.1, -0.05) is 0 Å². The molecule has 2 aliphatic heterocycles. The predicted octanol–water partition coefficient (Wildman–Crippen LogP) is -1.10. The highest BCUT2D eigenvalue weighted by atomic mass is 16.8. The summed E-state index contributed by atoms with van der Waals surface area (Å²) in [6, 6.07) is 9.38. The van der Waals surface area contributed by atoms with Crippen LogP contribution in [0.3, 0.4) is 0 Å². The highest BCUT2D eigenvalue weighted by molar-refractivity contribution is 5.86. The van der Waals surface area contributed by atoms with E-state index in [2.05, 4.69) is 0 Å². The highest BCUT2D eigenvalue weighted by Gasteiger charge is 2.50. The van der Waals surface area contributed by atoms with Crippen LogP contribution in [-0.2, 0) is 14.2 Å². The van der Waals surface area contributed by atoms with Gasteiger partial charge in [0, 0.05) is 23.8 Å². The second-order valence-electron chi connectivity index (χ2n) is 9.94. The summed E-state index contributed by atoms with van der Waals surface area (Å²) in [5, 5.41) is 81.4. The van der Waals surface area contributed by atoms with E-state index in [1.807, 2.05) is 0 Å². The molecule has 222 valence electrons. The predicted molar refractivity (Wildman–Crippen MR) is 137 cm³/mol. The van der Waals surface area contributed by atoms with Gasteiger partial charge in [0.15, 0.2) is 17.8 Å². The van der Waals surface area contributed by atoms with Crippen molar-refractivity contribution >= 4 is 11.0 Å². The third kappa shape index (κ3) is 5.61. The van der Waals surface area contributed by atoms with Gasteiger partial charge in [0.2, 0.25) is 6.29 Å². The van der Waals surface area contributed by atoms with Crippen LogP contribution in [0.25, 0.3) is 22.3 Å². The van der Waals surface area contributed by atoms with Crippen molar-refractivity contribution in [2.24, 2.45) is 0 Å². The van der Waals surface area contributed by atoms with Crippen molar-refractivity contribution in [2.75, 3.05) is 6.61 Å². The van der Waals surface area contributed by atoms with Gasteiger partial charge in [-0.2, -0.15) is 0 Å². The van der Waals surface area contributed by atoms with Crippen molar-refractivity contribution in [3.8, 4) is 28.6 Å². The molecule has 2 saturated heterocycles. The number of benzene rings is 2. The molecule has 2 aromatic carbocycles. The van der Waals surface area contributed by atoms with Crippen LogP contribution in [0.2, 0.25) is 0 Å². The van der Waals surface area contributed by atoms with Crippen LogP contribution in [0.1, 0.15) is 6.92 Å². The van der Waals surface area contributed by atoms with Gasteiger partial charge in [0.05, 0.1) is 12.7 Å². The fourth-order valence-electron chi connectivity index (χ4n) is 4.79. The summed E-state index contributed by atoms with van der Waals surface area (Å²) in [6.45, 7) is 0.704. The molecule has 0 saturated carbocycles. The van der Waals surface area contributed by atoms with E-state index in [1.165, 1.54) is 43.3 Å². The summed E-state index contributed by atoms with van der Waals surface area (Å²) >= 11 is 0. The Morgan fingerprint density at radius 1 is 0.829 bits per heavy atom. The molecule has 0 spiro atoms. The molecule has 14 nitrogen and oxygen atoms in total. The lowest BCUT2D eigenvalue weighted by Crippen LogP contribution is -2.64. The van der Waals surface area contributed by atoms with E-state index in [0.717, 1.165) is 6.07 Å². The van der Waals surface area contributed by atoms with Crippen LogP contribution in [0.4, 0.5) is 0 Å². The van der Waals surface area contributed by atoms with Crippen LogP contribution in [0.5, 0.6) is 17.2 Å². The van der Waals surface area contributed by atoms with Crippen molar-refractivity contribution in [1.82, 2.24) is 0 Å². The fraction of sp³-hybridized carbons (Fsp3) is 0.444. The van der Waals surface area contributed by atoms with E-state index in [1.54, 1.807) is 0 Å². The van der Waals surface area contributed by atoms with E-state index >= 15 is 0 Å². The quantitative estimate of drug-likeness (QED) is 0.174. The Kier molecular flexibility index (Phi) is 8.20. The van der Waals surface area contributed by atoms with Crippen molar-refractivity contribution in [2.45, 2.75) is 68.3 Å². The number of phenols is 2. The van der Waals surface area contributed by atoms with E-state index in [-0.39, 0.29) is 28.2 Å². The van der Waals surface area contributed by atoms with Crippen molar-refractivity contribution in [1.29, 1.82) is 0 Å². The topological polar surface area (TPSA) is 229 Å². The van der Waals surface area contributed by atoms with Gasteiger partial charge >= 0.3 is 0 Å². The lowest BCUT2D eigenvalue weighted by Gasteiger charge is -2.45. The average Bonchev–Trinajstić information content (AvgIpc) is 2.94. The first-order valence-corrected chi connectivity index (χ1v) is 12.7. The van der Waals surface area contributed by atoms with Gasteiger partial charge < -0.3 is 64.2 Å². The standard InChI is InChI=1S/C27H30O14/c1-10-20(32)22(34)24(36)26(37-10)41-25-23(35)21(33)18(9-28)40-27(25)38-13-6-14(30)19-15(31)8-16(39-17(19)7-13)11-2-4-12(29)5-3-11/h2-8,10,18,20-30,32-36H,9H2,1H3/t10-,18-,20-,21+,22-,23+,24-,25-,26-,27+/m0/s1. The van der Waals surface area contributed by atoms with E-state index < -0.39 is 79.2 Å². The molecule has 2 aliphatic rings. The number of rotatable bonds is 6. The summed E-state index contributed by atoms with van der Waals surface area (Å²) in [4.78, 5) is 12.8. The smallest absolute Gasteiger partial charge is 0.229 e. The summed E-state index contributed by atoms with van der Waals surface area (Å²) in [6.07, 6.45) is -15.3. The Bertz CT molecular complexity index is 1420. The first-order chi connectivity index (χ1) is 19.5. The Morgan fingerprint density at radius 2 is 1.54 bits per heavy atom. The Labute approximate surface area is 231 Å². The summed E-state index contributed by atoms with van der Waals surface area (Å²) in [7, 11) is 0. The zero-order valence-electron chi connectivity index (χ0n) is 21.5. The van der Waals surface area contributed by atoms with Crippen molar-refractivity contribution in [3.63, 3.8) is 0 Å². The minimum absolute atomic E-state index is 0.00857. The average molecular weight is 579 g/mol. The number of ether oxygens (including phenoxy) is 4. The molecule has 8 N–H and O–H groups in total. The molecule has 41 heavy (non-hydrogen) atoms. The molecular weight excluding hydrogens is 548 g/mol. The molecule has 3 heterocycles.